The lowest BCUT2D eigenvalue weighted by molar-refractivity contribution is 0.159. The van der Waals surface area contributed by atoms with Gasteiger partial charge in [0.15, 0.2) is 0 Å². The third-order valence-corrected chi connectivity index (χ3v) is 4.11. The van der Waals surface area contributed by atoms with E-state index in [9.17, 15) is 17.6 Å². The predicted molar refractivity (Wildman–Crippen MR) is 69.2 cm³/mol. The number of primary amides is 1. The van der Waals surface area contributed by atoms with Crippen LogP contribution in [0, 0.1) is 5.82 Å². The number of benzene rings is 1. The second kappa shape index (κ2) is 6.17. The average molecular weight is 356 g/mol. The highest BCUT2D eigenvalue weighted by atomic mass is 79.9. The summed E-state index contributed by atoms with van der Waals surface area (Å²) in [5.74, 6) is -0.673. The molecule has 0 atom stereocenters. The highest BCUT2D eigenvalue weighted by molar-refractivity contribution is 9.10. The quantitative estimate of drug-likeness (QED) is 0.525. The minimum absolute atomic E-state index is 0.0320. The molecule has 19 heavy (non-hydrogen) atoms. The number of nitrogens with one attached hydrogen (secondary N) is 1. The molecule has 1 aromatic carbocycles. The van der Waals surface area contributed by atoms with E-state index in [2.05, 4.69) is 25.4 Å². The van der Waals surface area contributed by atoms with E-state index in [0.29, 0.717) is 0 Å². The van der Waals surface area contributed by atoms with Gasteiger partial charge in [-0.15, -0.1) is 0 Å². The first-order chi connectivity index (χ1) is 8.74. The van der Waals surface area contributed by atoms with Crippen molar-refractivity contribution in [1.82, 2.24) is 4.72 Å². The van der Waals surface area contributed by atoms with Gasteiger partial charge in [-0.05, 0) is 28.1 Å². The van der Waals surface area contributed by atoms with Crippen LogP contribution in [0.1, 0.15) is 0 Å². The molecule has 0 saturated heterocycles. The van der Waals surface area contributed by atoms with Gasteiger partial charge in [0.25, 0.3) is 0 Å². The Kier molecular flexibility index (Phi) is 5.09. The number of anilines is 1. The van der Waals surface area contributed by atoms with E-state index in [1.165, 1.54) is 0 Å². The molecule has 7 nitrogen and oxygen atoms in total. The van der Waals surface area contributed by atoms with E-state index in [4.69, 9.17) is 11.5 Å². The van der Waals surface area contributed by atoms with Gasteiger partial charge in [-0.25, -0.2) is 22.3 Å². The van der Waals surface area contributed by atoms with E-state index in [1.54, 1.807) is 0 Å². The zero-order valence-corrected chi connectivity index (χ0v) is 11.9. The molecule has 5 N–H and O–H groups in total. The Morgan fingerprint density at radius 1 is 1.47 bits per heavy atom. The molecule has 1 amide bonds. The molecule has 0 heterocycles. The van der Waals surface area contributed by atoms with Crippen LogP contribution in [0.15, 0.2) is 21.5 Å². The van der Waals surface area contributed by atoms with Crippen molar-refractivity contribution in [3.63, 3.8) is 0 Å². The fourth-order valence-electron chi connectivity index (χ4n) is 1.18. The van der Waals surface area contributed by atoms with Crippen LogP contribution in [0.25, 0.3) is 0 Å². The molecule has 0 aromatic heterocycles. The van der Waals surface area contributed by atoms with Gasteiger partial charge in [-0.2, -0.15) is 0 Å². The van der Waals surface area contributed by atoms with E-state index in [0.717, 1.165) is 12.1 Å². The monoisotopic (exact) mass is 355 g/mol. The normalized spacial score (nSPS) is 11.3. The van der Waals surface area contributed by atoms with Gasteiger partial charge in [0.05, 0.1) is 10.2 Å². The number of hydrogen-bond donors (Lipinski definition) is 3. The number of carbonyl (C=O) groups is 1. The van der Waals surface area contributed by atoms with Crippen molar-refractivity contribution in [2.45, 2.75) is 4.90 Å². The highest BCUT2D eigenvalue weighted by Gasteiger charge is 2.19. The molecule has 0 aliphatic rings. The summed E-state index contributed by atoms with van der Waals surface area (Å²) in [6.07, 6.45) is -1.01. The molecule has 0 aliphatic carbocycles. The van der Waals surface area contributed by atoms with Crippen molar-refractivity contribution in [2.24, 2.45) is 5.73 Å². The summed E-state index contributed by atoms with van der Waals surface area (Å²) in [6, 6.07) is 1.93. The van der Waals surface area contributed by atoms with Crippen molar-refractivity contribution in [3.8, 4) is 0 Å². The third-order valence-electron chi connectivity index (χ3n) is 1.98. The number of sulfonamides is 1. The molecular formula is C9H11BrFN3O4S. The number of nitrogen functional groups attached to an aromatic ring is 1. The van der Waals surface area contributed by atoms with Gasteiger partial charge < -0.3 is 16.2 Å². The zero-order chi connectivity index (χ0) is 14.6. The minimum atomic E-state index is -3.93. The first-order valence-electron chi connectivity index (χ1n) is 4.90. The second-order valence-corrected chi connectivity index (χ2v) is 5.96. The second-order valence-electron chi connectivity index (χ2n) is 3.37. The third kappa shape index (κ3) is 4.33. The summed E-state index contributed by atoms with van der Waals surface area (Å²) < 4.78 is 43.3. The van der Waals surface area contributed by atoms with E-state index in [1.807, 2.05) is 0 Å². The van der Waals surface area contributed by atoms with Gasteiger partial charge in [0.2, 0.25) is 10.0 Å². The first kappa shape index (κ1) is 15.7. The number of rotatable bonds is 5. The van der Waals surface area contributed by atoms with Crippen LogP contribution in [0.4, 0.5) is 14.9 Å². The van der Waals surface area contributed by atoms with Gasteiger partial charge in [-0.3, -0.25) is 0 Å². The Morgan fingerprint density at radius 2 is 2.11 bits per heavy atom. The molecule has 0 fully saturated rings. The van der Waals surface area contributed by atoms with Crippen LogP contribution in [-0.2, 0) is 14.8 Å². The smallest absolute Gasteiger partial charge is 0.404 e. The summed E-state index contributed by atoms with van der Waals surface area (Å²) in [7, 11) is -3.93. The van der Waals surface area contributed by atoms with Crippen molar-refractivity contribution >= 4 is 37.7 Å². The average Bonchev–Trinajstić information content (AvgIpc) is 2.29. The van der Waals surface area contributed by atoms with E-state index < -0.39 is 21.9 Å². The maximum Gasteiger partial charge on any atom is 0.404 e. The van der Waals surface area contributed by atoms with Crippen LogP contribution < -0.4 is 16.2 Å². The number of amides is 1. The first-order valence-corrected chi connectivity index (χ1v) is 7.18. The fourth-order valence-corrected chi connectivity index (χ4v) is 2.83. The van der Waals surface area contributed by atoms with E-state index >= 15 is 0 Å². The minimum Gasteiger partial charge on any atom is -0.448 e. The number of halogens is 2. The topological polar surface area (TPSA) is 125 Å². The van der Waals surface area contributed by atoms with Gasteiger partial charge in [0.1, 0.15) is 17.3 Å². The molecular weight excluding hydrogens is 345 g/mol. The lowest BCUT2D eigenvalue weighted by Gasteiger charge is -2.10. The van der Waals surface area contributed by atoms with Crippen molar-refractivity contribution in [3.05, 3.63) is 22.4 Å². The number of carbonyl (C=O) groups excluding carboxylic acids is 1. The van der Waals surface area contributed by atoms with E-state index in [-0.39, 0.29) is 28.2 Å². The van der Waals surface area contributed by atoms with Crippen molar-refractivity contribution in [2.75, 3.05) is 18.9 Å². The molecule has 0 unspecified atom stereocenters. The maximum atomic E-state index is 13.1. The number of hydrogen-bond acceptors (Lipinski definition) is 5. The van der Waals surface area contributed by atoms with Crippen LogP contribution in [-0.4, -0.2) is 27.7 Å². The molecule has 10 heteroatoms. The molecule has 1 aromatic rings. The van der Waals surface area contributed by atoms with Crippen LogP contribution in [0.5, 0.6) is 0 Å². The van der Waals surface area contributed by atoms with Crippen LogP contribution >= 0.6 is 15.9 Å². The Balaban J connectivity index is 2.83. The predicted octanol–water partition coefficient (Wildman–Crippen LogP) is 0.544. The number of nitrogens with two attached hydrogens (primary N) is 2. The van der Waals surface area contributed by atoms with Crippen LogP contribution in [0.2, 0.25) is 0 Å². The van der Waals surface area contributed by atoms with Crippen LogP contribution in [0.3, 0.4) is 0 Å². The summed E-state index contributed by atoms with van der Waals surface area (Å²) in [4.78, 5) is 10.0. The SMILES string of the molecule is NC(=O)OCCNS(=O)(=O)c1cc(Br)c(F)cc1N. The standard InChI is InChI=1S/C9H11BrFN3O4S/c10-5-3-8(7(12)4-6(5)11)19(16,17)14-1-2-18-9(13)15/h3-4,14H,1-2,12H2,(H2,13,15). The molecule has 1 rings (SSSR count). The highest BCUT2D eigenvalue weighted by Crippen LogP contribution is 2.25. The maximum absolute atomic E-state index is 13.1. The Bertz CT molecular complexity index is 593. The largest absolute Gasteiger partial charge is 0.448 e. The zero-order valence-electron chi connectivity index (χ0n) is 9.52. The molecule has 0 saturated carbocycles. The summed E-state index contributed by atoms with van der Waals surface area (Å²) in [5, 5.41) is 0. The fraction of sp³-hybridized carbons (Fsp3) is 0.222. The Labute approximate surface area is 117 Å². The Morgan fingerprint density at radius 3 is 2.68 bits per heavy atom. The molecule has 0 radical (unpaired) electrons. The van der Waals surface area contributed by atoms with Gasteiger partial charge in [-0.1, -0.05) is 0 Å². The van der Waals surface area contributed by atoms with Gasteiger partial charge in [0, 0.05) is 6.54 Å². The summed E-state index contributed by atoms with van der Waals surface area (Å²) in [6.45, 7) is -0.406. The van der Waals surface area contributed by atoms with Crippen molar-refractivity contribution < 1.29 is 22.3 Å². The lowest BCUT2D eigenvalue weighted by atomic mass is 10.3. The van der Waals surface area contributed by atoms with Gasteiger partial charge >= 0.3 is 6.09 Å². The lowest BCUT2D eigenvalue weighted by Crippen LogP contribution is -2.29. The summed E-state index contributed by atoms with van der Waals surface area (Å²) in [5.41, 5.74) is 9.92. The molecule has 0 bridgehead atoms. The number of ether oxygens (including phenoxy) is 1. The molecule has 0 spiro atoms. The molecule has 106 valence electrons. The Hall–Kier alpha value is -1.39. The van der Waals surface area contributed by atoms with Crippen molar-refractivity contribution in [1.29, 1.82) is 0 Å². The molecule has 0 aliphatic heterocycles. The summed E-state index contributed by atoms with van der Waals surface area (Å²) >= 11 is 2.86.